The second-order valence-electron chi connectivity index (χ2n) is 7.37. The molecule has 4 aromatic rings. The number of carbonyl (C=O) groups is 1. The van der Waals surface area contributed by atoms with Gasteiger partial charge in [-0.3, -0.25) is 18.7 Å². The number of halogens is 1. The summed E-state index contributed by atoms with van der Waals surface area (Å²) in [6.07, 6.45) is 0. The molecule has 2 heterocycles. The summed E-state index contributed by atoms with van der Waals surface area (Å²) in [6, 6.07) is 14.8. The van der Waals surface area contributed by atoms with Gasteiger partial charge in [-0.15, -0.1) is 11.3 Å². The van der Waals surface area contributed by atoms with E-state index in [9.17, 15) is 14.4 Å². The van der Waals surface area contributed by atoms with Gasteiger partial charge in [0, 0.05) is 10.2 Å². The lowest BCUT2D eigenvalue weighted by atomic mass is 10.1. The molecule has 0 spiro atoms. The third kappa shape index (κ3) is 4.40. The van der Waals surface area contributed by atoms with Crippen molar-refractivity contribution in [1.29, 1.82) is 0 Å². The molecule has 1 amide bonds. The van der Waals surface area contributed by atoms with Crippen LogP contribution in [0.1, 0.15) is 16.7 Å². The van der Waals surface area contributed by atoms with E-state index < -0.39 is 5.69 Å². The number of amides is 1. The third-order valence-corrected chi connectivity index (χ3v) is 6.54. The number of hydrogen-bond acceptors (Lipinski definition) is 4. The first kappa shape index (κ1) is 21.3. The van der Waals surface area contributed by atoms with Gasteiger partial charge in [-0.1, -0.05) is 40.2 Å². The number of nitrogens with zero attached hydrogens (tertiary/aromatic N) is 2. The monoisotopic (exact) mass is 497 g/mol. The van der Waals surface area contributed by atoms with Crippen LogP contribution in [0.4, 0.5) is 5.69 Å². The van der Waals surface area contributed by atoms with Gasteiger partial charge in [-0.05, 0) is 60.2 Å². The van der Waals surface area contributed by atoms with Crippen LogP contribution in [0.25, 0.3) is 10.2 Å². The van der Waals surface area contributed by atoms with E-state index >= 15 is 0 Å². The second-order valence-corrected chi connectivity index (χ2v) is 9.20. The first-order chi connectivity index (χ1) is 14.8. The topological polar surface area (TPSA) is 73.1 Å². The van der Waals surface area contributed by atoms with Crippen LogP contribution in [0, 0.1) is 13.8 Å². The molecule has 158 valence electrons. The number of anilines is 1. The van der Waals surface area contributed by atoms with Crippen LogP contribution in [-0.4, -0.2) is 15.0 Å². The van der Waals surface area contributed by atoms with E-state index in [4.69, 9.17) is 0 Å². The van der Waals surface area contributed by atoms with Crippen LogP contribution in [-0.2, 0) is 17.9 Å². The SMILES string of the molecule is Cc1ccc(Cn2c(=O)c3sccc3n(CC(=O)Nc3cccc(Br)c3)c2=O)cc1C. The van der Waals surface area contributed by atoms with Gasteiger partial charge in [-0.25, -0.2) is 4.79 Å². The van der Waals surface area contributed by atoms with Gasteiger partial charge < -0.3 is 5.32 Å². The molecule has 31 heavy (non-hydrogen) atoms. The fourth-order valence-electron chi connectivity index (χ4n) is 3.42. The zero-order valence-corrected chi connectivity index (χ0v) is 19.4. The minimum atomic E-state index is -0.501. The van der Waals surface area contributed by atoms with Gasteiger partial charge in [0.1, 0.15) is 11.2 Å². The normalized spacial score (nSPS) is 11.1. The van der Waals surface area contributed by atoms with Crippen LogP contribution in [0.5, 0.6) is 0 Å². The summed E-state index contributed by atoms with van der Waals surface area (Å²) in [5.74, 6) is -0.343. The molecule has 0 saturated heterocycles. The lowest BCUT2D eigenvalue weighted by molar-refractivity contribution is -0.116. The van der Waals surface area contributed by atoms with Crippen LogP contribution in [0.15, 0.2) is 68.0 Å². The highest BCUT2D eigenvalue weighted by molar-refractivity contribution is 9.10. The summed E-state index contributed by atoms with van der Waals surface area (Å²) in [4.78, 5) is 38.9. The molecule has 4 rings (SSSR count). The van der Waals surface area contributed by atoms with Crippen LogP contribution in [0.3, 0.4) is 0 Å². The minimum Gasteiger partial charge on any atom is -0.324 e. The molecule has 8 heteroatoms. The predicted molar refractivity (Wildman–Crippen MR) is 128 cm³/mol. The Morgan fingerprint density at radius 3 is 2.58 bits per heavy atom. The van der Waals surface area contributed by atoms with Gasteiger partial charge in [0.25, 0.3) is 5.56 Å². The predicted octanol–water partition coefficient (Wildman–Crippen LogP) is 4.29. The van der Waals surface area contributed by atoms with E-state index in [1.165, 1.54) is 20.5 Å². The number of aryl methyl sites for hydroxylation is 2. The van der Waals surface area contributed by atoms with E-state index in [1.807, 2.05) is 44.2 Å². The molecule has 0 saturated carbocycles. The van der Waals surface area contributed by atoms with Crippen molar-refractivity contribution in [3.8, 4) is 0 Å². The van der Waals surface area contributed by atoms with Gasteiger partial charge >= 0.3 is 5.69 Å². The van der Waals surface area contributed by atoms with Crippen LogP contribution < -0.4 is 16.6 Å². The van der Waals surface area contributed by atoms with Crippen molar-refractivity contribution < 1.29 is 4.79 Å². The lowest BCUT2D eigenvalue weighted by Crippen LogP contribution is -2.41. The quantitative estimate of drug-likeness (QED) is 0.446. The second kappa shape index (κ2) is 8.64. The molecule has 0 atom stereocenters. The Morgan fingerprint density at radius 2 is 1.84 bits per heavy atom. The lowest BCUT2D eigenvalue weighted by Gasteiger charge is -2.13. The Morgan fingerprint density at radius 1 is 1.03 bits per heavy atom. The molecule has 0 fully saturated rings. The summed E-state index contributed by atoms with van der Waals surface area (Å²) in [5.41, 5.74) is 3.36. The number of carbonyl (C=O) groups excluding carboxylic acids is 1. The molecule has 0 radical (unpaired) electrons. The number of nitrogens with one attached hydrogen (secondary N) is 1. The van der Waals surface area contributed by atoms with Crippen molar-refractivity contribution >= 4 is 49.1 Å². The smallest absolute Gasteiger partial charge is 0.324 e. The molecular formula is C23H20BrN3O3S. The van der Waals surface area contributed by atoms with E-state index in [1.54, 1.807) is 23.6 Å². The molecule has 6 nitrogen and oxygen atoms in total. The summed E-state index contributed by atoms with van der Waals surface area (Å²) in [5, 5.41) is 4.56. The Balaban J connectivity index is 1.72. The third-order valence-electron chi connectivity index (χ3n) is 5.16. The van der Waals surface area contributed by atoms with E-state index in [0.29, 0.717) is 15.9 Å². The van der Waals surface area contributed by atoms with Crippen LogP contribution in [0.2, 0.25) is 0 Å². The molecule has 1 N–H and O–H groups in total. The Labute approximate surface area is 190 Å². The van der Waals surface area contributed by atoms with E-state index in [0.717, 1.165) is 21.2 Å². The average Bonchev–Trinajstić information content (AvgIpc) is 3.21. The van der Waals surface area contributed by atoms with Crippen molar-refractivity contribution in [1.82, 2.24) is 9.13 Å². The zero-order chi connectivity index (χ0) is 22.1. The number of fused-ring (bicyclic) bond motifs is 1. The van der Waals surface area contributed by atoms with Gasteiger partial charge in [0.2, 0.25) is 5.91 Å². The highest BCUT2D eigenvalue weighted by atomic mass is 79.9. The number of hydrogen-bond donors (Lipinski definition) is 1. The standard InChI is InChI=1S/C23H20BrN3O3S/c1-14-6-7-16(10-15(14)2)12-27-22(29)21-19(8-9-31-21)26(23(27)30)13-20(28)25-18-5-3-4-17(24)11-18/h3-11H,12-13H2,1-2H3,(H,25,28). The number of thiophene rings is 1. The summed E-state index contributed by atoms with van der Waals surface area (Å²) in [6.45, 7) is 3.97. The maximum Gasteiger partial charge on any atom is 0.332 e. The first-order valence-electron chi connectivity index (χ1n) is 9.66. The molecule has 0 aliphatic heterocycles. The molecule has 2 aromatic carbocycles. The Hall–Kier alpha value is -2.97. The van der Waals surface area contributed by atoms with E-state index in [-0.39, 0.29) is 24.6 Å². The molecular weight excluding hydrogens is 478 g/mol. The maximum atomic E-state index is 13.2. The van der Waals surface area contributed by atoms with Gasteiger partial charge in [0.15, 0.2) is 0 Å². The maximum absolute atomic E-state index is 13.2. The highest BCUT2D eigenvalue weighted by Gasteiger charge is 2.17. The number of aromatic nitrogens is 2. The summed E-state index contributed by atoms with van der Waals surface area (Å²) < 4.78 is 3.86. The van der Waals surface area contributed by atoms with E-state index in [2.05, 4.69) is 21.2 Å². The Kier molecular flexibility index (Phi) is 5.93. The summed E-state index contributed by atoms with van der Waals surface area (Å²) >= 11 is 4.64. The van der Waals surface area contributed by atoms with Crippen molar-refractivity contribution in [3.63, 3.8) is 0 Å². The zero-order valence-electron chi connectivity index (χ0n) is 17.0. The van der Waals surface area contributed by atoms with Gasteiger partial charge in [0.05, 0.1) is 12.1 Å². The summed E-state index contributed by atoms with van der Waals surface area (Å²) in [7, 11) is 0. The average molecular weight is 498 g/mol. The number of rotatable bonds is 5. The molecule has 0 bridgehead atoms. The Bertz CT molecular complexity index is 1420. The fourth-order valence-corrected chi connectivity index (χ4v) is 4.66. The molecule has 0 aliphatic rings. The van der Waals surface area contributed by atoms with Gasteiger partial charge in [-0.2, -0.15) is 0 Å². The molecule has 0 unspecified atom stereocenters. The van der Waals surface area contributed by atoms with Crippen LogP contribution >= 0.6 is 27.3 Å². The fraction of sp³-hybridized carbons (Fsp3) is 0.174. The van der Waals surface area contributed by atoms with Crippen molar-refractivity contribution in [2.45, 2.75) is 26.9 Å². The number of benzene rings is 2. The largest absolute Gasteiger partial charge is 0.332 e. The van der Waals surface area contributed by atoms with Crippen molar-refractivity contribution in [3.05, 3.63) is 95.9 Å². The molecule has 0 aliphatic carbocycles. The van der Waals surface area contributed by atoms with Crippen molar-refractivity contribution in [2.24, 2.45) is 0 Å². The van der Waals surface area contributed by atoms with Crippen molar-refractivity contribution in [2.75, 3.05) is 5.32 Å². The molecule has 2 aromatic heterocycles. The highest BCUT2D eigenvalue weighted by Crippen LogP contribution is 2.18. The first-order valence-corrected chi connectivity index (χ1v) is 11.3. The minimum absolute atomic E-state index is 0.153.